The van der Waals surface area contributed by atoms with Gasteiger partial charge in [0.25, 0.3) is 0 Å². The highest BCUT2D eigenvalue weighted by atomic mass is 35.5. The summed E-state index contributed by atoms with van der Waals surface area (Å²) in [6.07, 6.45) is 3.33. The summed E-state index contributed by atoms with van der Waals surface area (Å²) in [6, 6.07) is 5.66. The third-order valence-electron chi connectivity index (χ3n) is 2.76. The van der Waals surface area contributed by atoms with Gasteiger partial charge in [0, 0.05) is 11.6 Å². The summed E-state index contributed by atoms with van der Waals surface area (Å²) in [4.78, 5) is 4.29. The Balaban J connectivity index is 1.87. The summed E-state index contributed by atoms with van der Waals surface area (Å²) in [5.74, 6) is 0. The summed E-state index contributed by atoms with van der Waals surface area (Å²) in [5.41, 5.74) is 1.66. The molecule has 6 nitrogen and oxygen atoms in total. The van der Waals surface area contributed by atoms with Crippen molar-refractivity contribution in [2.75, 3.05) is 5.32 Å². The fourth-order valence-corrected chi connectivity index (χ4v) is 2.61. The van der Waals surface area contributed by atoms with Crippen molar-refractivity contribution in [2.45, 2.75) is 13.0 Å². The SMILES string of the molecule is CC(Nc1cc(-n2cnnn2)ccc1Cl)c1nccs1. The summed E-state index contributed by atoms with van der Waals surface area (Å²) in [5, 5.41) is 18.1. The normalized spacial score (nSPS) is 12.3. The highest BCUT2D eigenvalue weighted by molar-refractivity contribution is 7.09. The van der Waals surface area contributed by atoms with Crippen molar-refractivity contribution in [3.05, 3.63) is 46.1 Å². The van der Waals surface area contributed by atoms with Crippen LogP contribution in [-0.4, -0.2) is 25.2 Å². The molecule has 20 heavy (non-hydrogen) atoms. The zero-order valence-corrected chi connectivity index (χ0v) is 12.1. The van der Waals surface area contributed by atoms with Gasteiger partial charge in [-0.2, -0.15) is 0 Å². The van der Waals surface area contributed by atoms with Gasteiger partial charge in [-0.3, -0.25) is 0 Å². The van der Waals surface area contributed by atoms with Gasteiger partial charge in [-0.05, 0) is 35.5 Å². The van der Waals surface area contributed by atoms with Gasteiger partial charge in [-0.25, -0.2) is 9.67 Å². The smallest absolute Gasteiger partial charge is 0.143 e. The first-order chi connectivity index (χ1) is 9.74. The highest BCUT2D eigenvalue weighted by Crippen LogP contribution is 2.28. The third-order valence-corrected chi connectivity index (χ3v) is 4.05. The van der Waals surface area contributed by atoms with Crippen LogP contribution in [0.1, 0.15) is 18.0 Å². The van der Waals surface area contributed by atoms with E-state index >= 15 is 0 Å². The number of aromatic nitrogens is 5. The second-order valence-corrected chi connectivity index (χ2v) is 5.49. The Morgan fingerprint density at radius 3 is 3.00 bits per heavy atom. The predicted octanol–water partition coefficient (Wildman–Crippen LogP) is 2.95. The average molecular weight is 307 g/mol. The van der Waals surface area contributed by atoms with E-state index in [9.17, 15) is 0 Å². The number of nitrogens with zero attached hydrogens (tertiary/aromatic N) is 5. The zero-order valence-electron chi connectivity index (χ0n) is 10.6. The standard InChI is InChI=1S/C12H11ClN6S/c1-8(12-14-4-5-20-12)16-11-6-9(2-3-10(11)13)19-7-15-17-18-19/h2-8,16H,1H3. The molecular formula is C12H11ClN6S. The van der Waals surface area contributed by atoms with Crippen molar-refractivity contribution in [1.29, 1.82) is 0 Å². The van der Waals surface area contributed by atoms with Crippen LogP contribution in [-0.2, 0) is 0 Å². The molecule has 0 radical (unpaired) electrons. The van der Waals surface area contributed by atoms with Gasteiger partial charge in [0.05, 0.1) is 22.4 Å². The summed E-state index contributed by atoms with van der Waals surface area (Å²) >= 11 is 7.83. The van der Waals surface area contributed by atoms with E-state index < -0.39 is 0 Å². The Hall–Kier alpha value is -1.99. The lowest BCUT2D eigenvalue weighted by atomic mass is 10.2. The molecule has 0 aliphatic heterocycles. The molecule has 0 aliphatic rings. The molecule has 3 aromatic rings. The van der Waals surface area contributed by atoms with Gasteiger partial charge in [0.15, 0.2) is 0 Å². The fourth-order valence-electron chi connectivity index (χ4n) is 1.79. The molecule has 0 spiro atoms. The minimum atomic E-state index is 0.0802. The largest absolute Gasteiger partial charge is 0.375 e. The van der Waals surface area contributed by atoms with Crippen LogP contribution in [0, 0.1) is 0 Å². The van der Waals surface area contributed by atoms with Crippen molar-refractivity contribution in [3.63, 3.8) is 0 Å². The van der Waals surface area contributed by atoms with Crippen LogP contribution >= 0.6 is 22.9 Å². The topological polar surface area (TPSA) is 68.5 Å². The summed E-state index contributed by atoms with van der Waals surface area (Å²) < 4.78 is 1.58. The van der Waals surface area contributed by atoms with Crippen LogP contribution in [0.25, 0.3) is 5.69 Å². The number of tetrazole rings is 1. The average Bonchev–Trinajstić information content (AvgIpc) is 3.14. The summed E-state index contributed by atoms with van der Waals surface area (Å²) in [7, 11) is 0. The van der Waals surface area contributed by atoms with Crippen LogP contribution in [0.3, 0.4) is 0 Å². The molecular weight excluding hydrogens is 296 g/mol. The van der Waals surface area contributed by atoms with Gasteiger partial charge in [-0.1, -0.05) is 11.6 Å². The maximum Gasteiger partial charge on any atom is 0.143 e. The van der Waals surface area contributed by atoms with Crippen molar-refractivity contribution in [3.8, 4) is 5.69 Å². The number of hydrogen-bond acceptors (Lipinski definition) is 6. The first-order valence-electron chi connectivity index (χ1n) is 5.93. The van der Waals surface area contributed by atoms with Crippen LogP contribution < -0.4 is 5.32 Å². The maximum atomic E-state index is 6.22. The van der Waals surface area contributed by atoms with E-state index in [2.05, 4.69) is 25.8 Å². The second kappa shape index (κ2) is 5.56. The molecule has 2 heterocycles. The van der Waals surface area contributed by atoms with E-state index in [4.69, 9.17) is 11.6 Å². The predicted molar refractivity (Wildman–Crippen MR) is 78.3 cm³/mol. The van der Waals surface area contributed by atoms with E-state index in [1.54, 1.807) is 22.2 Å². The summed E-state index contributed by atoms with van der Waals surface area (Å²) in [6.45, 7) is 2.04. The molecule has 0 aliphatic carbocycles. The molecule has 0 saturated carbocycles. The molecule has 1 N–H and O–H groups in total. The quantitative estimate of drug-likeness (QED) is 0.802. The zero-order chi connectivity index (χ0) is 13.9. The Kier molecular flexibility index (Phi) is 3.62. The van der Waals surface area contributed by atoms with Gasteiger partial charge in [0.2, 0.25) is 0 Å². The molecule has 102 valence electrons. The minimum absolute atomic E-state index is 0.0802. The molecule has 0 fully saturated rings. The van der Waals surface area contributed by atoms with Gasteiger partial charge in [-0.15, -0.1) is 16.4 Å². The van der Waals surface area contributed by atoms with Crippen LogP contribution in [0.15, 0.2) is 36.1 Å². The van der Waals surface area contributed by atoms with Crippen molar-refractivity contribution in [1.82, 2.24) is 25.2 Å². The number of rotatable bonds is 4. The Bertz CT molecular complexity index is 682. The molecule has 1 unspecified atom stereocenters. The lowest BCUT2D eigenvalue weighted by Gasteiger charge is -2.15. The van der Waals surface area contributed by atoms with E-state index in [0.717, 1.165) is 16.4 Å². The van der Waals surface area contributed by atoms with E-state index in [1.165, 1.54) is 6.33 Å². The Labute approximate surface area is 124 Å². The van der Waals surface area contributed by atoms with Crippen molar-refractivity contribution < 1.29 is 0 Å². The number of thiazole rings is 1. The van der Waals surface area contributed by atoms with Gasteiger partial charge >= 0.3 is 0 Å². The van der Waals surface area contributed by atoms with Crippen LogP contribution in [0.5, 0.6) is 0 Å². The Morgan fingerprint density at radius 1 is 1.40 bits per heavy atom. The number of nitrogens with one attached hydrogen (secondary N) is 1. The minimum Gasteiger partial charge on any atom is -0.375 e. The maximum absolute atomic E-state index is 6.22. The third kappa shape index (κ3) is 2.63. The molecule has 8 heteroatoms. The van der Waals surface area contributed by atoms with Gasteiger partial charge < -0.3 is 5.32 Å². The fraction of sp³-hybridized carbons (Fsp3) is 0.167. The first-order valence-corrected chi connectivity index (χ1v) is 7.18. The molecule has 0 saturated heterocycles. The molecule has 3 rings (SSSR count). The molecule has 1 aromatic carbocycles. The number of anilines is 1. The van der Waals surface area contributed by atoms with E-state index in [-0.39, 0.29) is 6.04 Å². The Morgan fingerprint density at radius 2 is 2.30 bits per heavy atom. The molecule has 0 bridgehead atoms. The monoisotopic (exact) mass is 306 g/mol. The number of benzene rings is 1. The van der Waals surface area contributed by atoms with E-state index in [0.29, 0.717) is 5.02 Å². The first kappa shape index (κ1) is 13.0. The van der Waals surface area contributed by atoms with Crippen molar-refractivity contribution in [2.24, 2.45) is 0 Å². The van der Waals surface area contributed by atoms with Crippen LogP contribution in [0.2, 0.25) is 5.02 Å². The van der Waals surface area contributed by atoms with Crippen molar-refractivity contribution >= 4 is 28.6 Å². The lowest BCUT2D eigenvalue weighted by molar-refractivity contribution is 0.788. The van der Waals surface area contributed by atoms with E-state index in [1.807, 2.05) is 30.5 Å². The molecule has 2 aromatic heterocycles. The molecule has 1 atom stereocenters. The number of hydrogen-bond donors (Lipinski definition) is 1. The lowest BCUT2D eigenvalue weighted by Crippen LogP contribution is -2.07. The van der Waals surface area contributed by atoms with Gasteiger partial charge in [0.1, 0.15) is 11.3 Å². The van der Waals surface area contributed by atoms with Crippen LogP contribution in [0.4, 0.5) is 5.69 Å². The highest BCUT2D eigenvalue weighted by Gasteiger charge is 2.11. The molecule has 0 amide bonds. The number of halogens is 1. The second-order valence-electron chi connectivity index (χ2n) is 4.15.